The van der Waals surface area contributed by atoms with Gasteiger partial charge in [-0.05, 0) is 19.1 Å². The Kier molecular flexibility index (Phi) is 3.68. The van der Waals surface area contributed by atoms with Gasteiger partial charge in [0.15, 0.2) is 11.5 Å². The lowest BCUT2D eigenvalue weighted by Crippen LogP contribution is -2.08. The number of hydrogen-bond acceptors (Lipinski definition) is 4. The highest BCUT2D eigenvalue weighted by Gasteiger charge is 2.14. The summed E-state index contributed by atoms with van der Waals surface area (Å²) in [6, 6.07) is 3.12. The summed E-state index contributed by atoms with van der Waals surface area (Å²) in [6.45, 7) is 1.83. The molecule has 4 nitrogen and oxygen atoms in total. The van der Waals surface area contributed by atoms with Crippen LogP contribution in [0.1, 0.15) is 28.9 Å². The monoisotopic (exact) mass is 209 g/mol. The molecule has 0 amide bonds. The fourth-order valence-electron chi connectivity index (χ4n) is 1.42. The molecule has 1 atom stereocenters. The maximum Gasteiger partial charge on any atom is 0.165 e. The summed E-state index contributed by atoms with van der Waals surface area (Å²) in [7, 11) is 3.07. The van der Waals surface area contributed by atoms with E-state index in [-0.39, 0.29) is 6.04 Å². The molecule has 0 spiro atoms. The number of methoxy groups -OCH3 is 2. The van der Waals surface area contributed by atoms with Crippen LogP contribution in [-0.2, 0) is 0 Å². The summed E-state index contributed by atoms with van der Waals surface area (Å²) in [5, 5.41) is 0. The van der Waals surface area contributed by atoms with Gasteiger partial charge < -0.3 is 15.2 Å². The van der Waals surface area contributed by atoms with Crippen molar-refractivity contribution in [1.29, 1.82) is 0 Å². The predicted molar refractivity (Wildman–Crippen MR) is 57.5 cm³/mol. The normalized spacial score (nSPS) is 12.0. The summed E-state index contributed by atoms with van der Waals surface area (Å²) in [5.74, 6) is 1.10. The van der Waals surface area contributed by atoms with Crippen molar-refractivity contribution in [2.24, 2.45) is 5.73 Å². The Bertz CT molecular complexity index is 361. The highest BCUT2D eigenvalue weighted by atomic mass is 16.5. The molecule has 1 rings (SSSR count). The lowest BCUT2D eigenvalue weighted by Gasteiger charge is -2.15. The molecule has 1 aromatic rings. The molecule has 2 N–H and O–H groups in total. The van der Waals surface area contributed by atoms with Crippen molar-refractivity contribution < 1.29 is 14.3 Å². The van der Waals surface area contributed by atoms with E-state index in [1.807, 2.05) is 6.92 Å². The minimum Gasteiger partial charge on any atom is -0.493 e. The van der Waals surface area contributed by atoms with Gasteiger partial charge in [-0.1, -0.05) is 0 Å². The van der Waals surface area contributed by atoms with E-state index < -0.39 is 0 Å². The van der Waals surface area contributed by atoms with Gasteiger partial charge in [-0.2, -0.15) is 0 Å². The van der Waals surface area contributed by atoms with Crippen molar-refractivity contribution in [2.45, 2.75) is 13.0 Å². The predicted octanol–water partition coefficient (Wildman–Crippen LogP) is 1.54. The lowest BCUT2D eigenvalue weighted by atomic mass is 10.0. The summed E-state index contributed by atoms with van der Waals surface area (Å²) >= 11 is 0. The average molecular weight is 209 g/mol. The molecule has 0 heterocycles. The highest BCUT2D eigenvalue weighted by Crippen LogP contribution is 2.34. The van der Waals surface area contributed by atoms with Gasteiger partial charge in [-0.15, -0.1) is 0 Å². The van der Waals surface area contributed by atoms with E-state index in [0.29, 0.717) is 17.1 Å². The second kappa shape index (κ2) is 4.79. The molecule has 1 unspecified atom stereocenters. The standard InChI is InChI=1S/C11H15NO3/c1-7(12)9-4-8(6-13)5-10(14-2)11(9)15-3/h4-7H,12H2,1-3H3. The molecule has 4 heteroatoms. The second-order valence-electron chi connectivity index (χ2n) is 3.25. The van der Waals surface area contributed by atoms with Crippen LogP contribution in [-0.4, -0.2) is 20.5 Å². The third-order valence-corrected chi connectivity index (χ3v) is 2.16. The first kappa shape index (κ1) is 11.5. The first-order valence-electron chi connectivity index (χ1n) is 4.60. The Morgan fingerprint density at radius 1 is 1.33 bits per heavy atom. The van der Waals surface area contributed by atoms with Crippen molar-refractivity contribution in [2.75, 3.05) is 14.2 Å². The topological polar surface area (TPSA) is 61.5 Å². The van der Waals surface area contributed by atoms with Crippen molar-refractivity contribution in [3.8, 4) is 11.5 Å². The van der Waals surface area contributed by atoms with Crippen LogP contribution in [0.25, 0.3) is 0 Å². The zero-order valence-electron chi connectivity index (χ0n) is 9.11. The highest BCUT2D eigenvalue weighted by molar-refractivity contribution is 5.77. The Labute approximate surface area is 89.0 Å². The molecule has 0 aliphatic carbocycles. The Hall–Kier alpha value is -1.55. The molecular weight excluding hydrogens is 194 g/mol. The van der Waals surface area contributed by atoms with Gasteiger partial charge >= 0.3 is 0 Å². The Morgan fingerprint density at radius 2 is 2.00 bits per heavy atom. The summed E-state index contributed by atoms with van der Waals surface area (Å²) in [4.78, 5) is 10.7. The van der Waals surface area contributed by atoms with Gasteiger partial charge in [0.05, 0.1) is 14.2 Å². The summed E-state index contributed by atoms with van der Waals surface area (Å²) in [5.41, 5.74) is 7.08. The molecule has 0 aliphatic heterocycles. The van der Waals surface area contributed by atoms with Crippen LogP contribution in [0.3, 0.4) is 0 Å². The number of carbonyl (C=O) groups is 1. The van der Waals surface area contributed by atoms with E-state index in [0.717, 1.165) is 11.8 Å². The fourth-order valence-corrected chi connectivity index (χ4v) is 1.42. The second-order valence-corrected chi connectivity index (χ2v) is 3.25. The van der Waals surface area contributed by atoms with Gasteiger partial charge in [-0.3, -0.25) is 4.79 Å². The molecule has 0 fully saturated rings. The molecule has 0 bridgehead atoms. The zero-order chi connectivity index (χ0) is 11.4. The van der Waals surface area contributed by atoms with Gasteiger partial charge in [-0.25, -0.2) is 0 Å². The molecule has 0 saturated carbocycles. The average Bonchev–Trinajstić information content (AvgIpc) is 2.26. The smallest absolute Gasteiger partial charge is 0.165 e. The minimum atomic E-state index is -0.214. The SMILES string of the molecule is COc1cc(C=O)cc(C(C)N)c1OC. The quantitative estimate of drug-likeness (QED) is 0.764. The maximum absolute atomic E-state index is 10.7. The molecule has 15 heavy (non-hydrogen) atoms. The molecule has 0 radical (unpaired) electrons. The third kappa shape index (κ3) is 2.27. The van der Waals surface area contributed by atoms with Gasteiger partial charge in [0.25, 0.3) is 0 Å². The van der Waals surface area contributed by atoms with Crippen molar-refractivity contribution in [3.05, 3.63) is 23.3 Å². The van der Waals surface area contributed by atoms with Crippen LogP contribution in [0, 0.1) is 0 Å². The van der Waals surface area contributed by atoms with Crippen molar-refractivity contribution in [1.82, 2.24) is 0 Å². The minimum absolute atomic E-state index is 0.214. The number of benzene rings is 1. The van der Waals surface area contributed by atoms with Crippen LogP contribution in [0.15, 0.2) is 12.1 Å². The zero-order valence-corrected chi connectivity index (χ0v) is 9.11. The largest absolute Gasteiger partial charge is 0.493 e. The first-order chi connectivity index (χ1) is 7.13. The van der Waals surface area contributed by atoms with Crippen LogP contribution >= 0.6 is 0 Å². The number of hydrogen-bond donors (Lipinski definition) is 1. The molecular formula is C11H15NO3. The Morgan fingerprint density at radius 3 is 2.40 bits per heavy atom. The van der Waals surface area contributed by atoms with E-state index in [4.69, 9.17) is 15.2 Å². The number of nitrogens with two attached hydrogens (primary N) is 1. The molecule has 0 saturated heterocycles. The van der Waals surface area contributed by atoms with Gasteiger partial charge in [0.1, 0.15) is 6.29 Å². The molecule has 82 valence electrons. The molecule has 0 aliphatic rings. The van der Waals surface area contributed by atoms with Gasteiger partial charge in [0.2, 0.25) is 0 Å². The van der Waals surface area contributed by atoms with E-state index in [1.165, 1.54) is 7.11 Å². The number of rotatable bonds is 4. The summed E-state index contributed by atoms with van der Waals surface area (Å²) < 4.78 is 10.3. The van der Waals surface area contributed by atoms with Crippen LogP contribution in [0.5, 0.6) is 11.5 Å². The number of ether oxygens (including phenoxy) is 2. The fraction of sp³-hybridized carbons (Fsp3) is 0.364. The number of carbonyl (C=O) groups excluding carboxylic acids is 1. The van der Waals surface area contributed by atoms with E-state index in [9.17, 15) is 4.79 Å². The van der Waals surface area contributed by atoms with Crippen molar-refractivity contribution in [3.63, 3.8) is 0 Å². The third-order valence-electron chi connectivity index (χ3n) is 2.16. The molecule has 0 aromatic heterocycles. The van der Waals surface area contributed by atoms with E-state index >= 15 is 0 Å². The van der Waals surface area contributed by atoms with E-state index in [1.54, 1.807) is 19.2 Å². The maximum atomic E-state index is 10.7. The van der Waals surface area contributed by atoms with Crippen LogP contribution in [0.2, 0.25) is 0 Å². The summed E-state index contributed by atoms with van der Waals surface area (Å²) in [6.07, 6.45) is 0.758. The first-order valence-corrected chi connectivity index (χ1v) is 4.60. The lowest BCUT2D eigenvalue weighted by molar-refractivity contribution is 0.112. The van der Waals surface area contributed by atoms with Crippen LogP contribution in [0.4, 0.5) is 0 Å². The van der Waals surface area contributed by atoms with Gasteiger partial charge in [0, 0.05) is 17.2 Å². The Balaban J connectivity index is 3.38. The molecule has 1 aromatic carbocycles. The number of aldehydes is 1. The van der Waals surface area contributed by atoms with Crippen molar-refractivity contribution >= 4 is 6.29 Å². The van der Waals surface area contributed by atoms with E-state index in [2.05, 4.69) is 0 Å². The van der Waals surface area contributed by atoms with Crippen LogP contribution < -0.4 is 15.2 Å².